The van der Waals surface area contributed by atoms with Crippen LogP contribution in [-0.4, -0.2) is 13.1 Å². The van der Waals surface area contributed by atoms with E-state index in [1.54, 1.807) is 0 Å². The van der Waals surface area contributed by atoms with E-state index in [2.05, 4.69) is 9.68 Å². The second-order valence-electron chi connectivity index (χ2n) is 0.881. The summed E-state index contributed by atoms with van der Waals surface area (Å²) in [4.78, 5) is 18.1. The fourth-order valence-electron chi connectivity index (χ4n) is 0.100. The molecule has 0 fully saturated rings. The highest BCUT2D eigenvalue weighted by Gasteiger charge is 1.85. The van der Waals surface area contributed by atoms with Crippen LogP contribution in [0, 0.1) is 0 Å². The highest BCUT2D eigenvalue weighted by atomic mass is 16.9. The van der Waals surface area contributed by atoms with Gasteiger partial charge < -0.3 is 4.84 Å². The summed E-state index contributed by atoms with van der Waals surface area (Å²) >= 11 is 0. The predicted molar refractivity (Wildman–Crippen MR) is 21.9 cm³/mol. The van der Waals surface area contributed by atoms with E-state index < -0.39 is 5.97 Å². The molecule has 0 saturated carbocycles. The third kappa shape index (κ3) is 5.39. The second kappa shape index (κ2) is 3.58. The third-order valence-corrected chi connectivity index (χ3v) is 0.269. The summed E-state index contributed by atoms with van der Waals surface area (Å²) in [6, 6.07) is 0. The average molecular weight is 105 g/mol. The van der Waals surface area contributed by atoms with Crippen LogP contribution in [0.2, 0.25) is 0 Å². The Morgan fingerprint density at radius 3 is 2.43 bits per heavy atom. The van der Waals surface area contributed by atoms with Crippen molar-refractivity contribution in [2.24, 2.45) is 0 Å². The first-order valence-corrected chi connectivity index (χ1v) is 1.72. The Morgan fingerprint density at radius 1 is 1.71 bits per heavy atom. The van der Waals surface area contributed by atoms with Gasteiger partial charge in [-0.2, -0.15) is 0 Å². The molecule has 0 radical (unpaired) electrons. The Balaban J connectivity index is 2.82. The SMILES string of the molecule is CONOC(C)=O. The summed E-state index contributed by atoms with van der Waals surface area (Å²) in [6.45, 7) is 1.27. The molecule has 0 aromatic rings. The van der Waals surface area contributed by atoms with Crippen LogP contribution < -0.4 is 5.64 Å². The number of hydrogen-bond acceptors (Lipinski definition) is 4. The molecule has 42 valence electrons. The smallest absolute Gasteiger partial charge is 0.324 e. The zero-order valence-corrected chi connectivity index (χ0v) is 4.22. The van der Waals surface area contributed by atoms with Crippen molar-refractivity contribution in [1.82, 2.24) is 5.64 Å². The minimum absolute atomic E-state index is 0.429. The molecule has 4 nitrogen and oxygen atoms in total. The Bertz CT molecular complexity index is 63.2. The van der Waals surface area contributed by atoms with Crippen LogP contribution in [0.1, 0.15) is 6.92 Å². The van der Waals surface area contributed by atoms with Crippen LogP contribution in [0.5, 0.6) is 0 Å². The highest BCUT2D eigenvalue weighted by Crippen LogP contribution is 1.64. The zero-order valence-electron chi connectivity index (χ0n) is 4.22. The maximum atomic E-state index is 9.84. The van der Waals surface area contributed by atoms with Crippen LogP contribution in [0.3, 0.4) is 0 Å². The van der Waals surface area contributed by atoms with Gasteiger partial charge in [0.25, 0.3) is 0 Å². The van der Waals surface area contributed by atoms with Gasteiger partial charge in [-0.25, -0.2) is 0 Å². The van der Waals surface area contributed by atoms with Crippen molar-refractivity contribution < 1.29 is 14.5 Å². The maximum absolute atomic E-state index is 9.84. The van der Waals surface area contributed by atoms with Crippen molar-refractivity contribution in [2.75, 3.05) is 7.11 Å². The summed E-state index contributed by atoms with van der Waals surface area (Å²) in [5.74, 6) is -0.429. The van der Waals surface area contributed by atoms with E-state index in [1.807, 2.05) is 5.64 Å². The molecular weight excluding hydrogens is 98.0 g/mol. The summed E-state index contributed by atoms with van der Waals surface area (Å²) in [6.07, 6.45) is 0. The highest BCUT2D eigenvalue weighted by molar-refractivity contribution is 5.65. The topological polar surface area (TPSA) is 47.6 Å². The van der Waals surface area contributed by atoms with Gasteiger partial charge in [-0.05, 0) is 5.64 Å². The lowest BCUT2D eigenvalue weighted by Crippen LogP contribution is -2.15. The van der Waals surface area contributed by atoms with Gasteiger partial charge in [0, 0.05) is 6.92 Å². The molecular formula is C3H7NO3. The van der Waals surface area contributed by atoms with Gasteiger partial charge in [0.05, 0.1) is 7.11 Å². The standard InChI is InChI=1S/C3H7NO3/c1-3(5)7-4-6-2/h4H,1-2H3. The van der Waals surface area contributed by atoms with E-state index in [-0.39, 0.29) is 0 Å². The lowest BCUT2D eigenvalue weighted by molar-refractivity contribution is -0.181. The Hall–Kier alpha value is -0.610. The first-order valence-electron chi connectivity index (χ1n) is 1.72. The number of carbonyl (C=O) groups excluding carboxylic acids is 1. The molecule has 0 saturated heterocycles. The second-order valence-corrected chi connectivity index (χ2v) is 0.881. The maximum Gasteiger partial charge on any atom is 0.324 e. The Kier molecular flexibility index (Phi) is 3.26. The fraction of sp³-hybridized carbons (Fsp3) is 0.667. The molecule has 4 heteroatoms. The largest absolute Gasteiger partial charge is 0.346 e. The number of hydrogen-bond donors (Lipinski definition) is 1. The van der Waals surface area contributed by atoms with Crippen molar-refractivity contribution in [3.05, 3.63) is 0 Å². The molecule has 0 aromatic heterocycles. The van der Waals surface area contributed by atoms with E-state index in [0.29, 0.717) is 0 Å². The summed E-state index contributed by atoms with van der Waals surface area (Å²) < 4.78 is 0. The van der Waals surface area contributed by atoms with Crippen molar-refractivity contribution in [2.45, 2.75) is 6.92 Å². The van der Waals surface area contributed by atoms with Crippen LogP contribution in [0.4, 0.5) is 0 Å². The van der Waals surface area contributed by atoms with Crippen molar-refractivity contribution >= 4 is 5.97 Å². The van der Waals surface area contributed by atoms with E-state index in [1.165, 1.54) is 14.0 Å². The zero-order chi connectivity index (χ0) is 5.70. The van der Waals surface area contributed by atoms with Crippen LogP contribution in [-0.2, 0) is 14.5 Å². The minimum atomic E-state index is -0.429. The van der Waals surface area contributed by atoms with Gasteiger partial charge in [-0.15, -0.1) is 0 Å². The summed E-state index contributed by atoms with van der Waals surface area (Å²) in [7, 11) is 1.35. The Morgan fingerprint density at radius 2 is 2.29 bits per heavy atom. The molecule has 7 heavy (non-hydrogen) atoms. The number of nitrogens with one attached hydrogen (secondary N) is 1. The lowest BCUT2D eigenvalue weighted by Gasteiger charge is -1.95. The Labute approximate surface area is 41.3 Å². The molecule has 0 atom stereocenters. The van der Waals surface area contributed by atoms with Crippen LogP contribution >= 0.6 is 0 Å². The van der Waals surface area contributed by atoms with Gasteiger partial charge >= 0.3 is 5.97 Å². The quantitative estimate of drug-likeness (QED) is 0.486. The van der Waals surface area contributed by atoms with Gasteiger partial charge in [0.1, 0.15) is 0 Å². The predicted octanol–water partition coefficient (Wildman–Crippen LogP) is -0.385. The lowest BCUT2D eigenvalue weighted by atomic mass is 10.8. The molecule has 0 amide bonds. The van der Waals surface area contributed by atoms with Gasteiger partial charge in [0.2, 0.25) is 0 Å². The van der Waals surface area contributed by atoms with E-state index in [9.17, 15) is 4.79 Å². The monoisotopic (exact) mass is 105 g/mol. The molecule has 0 heterocycles. The fourth-order valence-corrected chi connectivity index (χ4v) is 0.100. The van der Waals surface area contributed by atoms with Crippen LogP contribution in [0.15, 0.2) is 0 Å². The number of carbonyl (C=O) groups is 1. The van der Waals surface area contributed by atoms with Crippen molar-refractivity contribution in [3.8, 4) is 0 Å². The molecule has 0 aliphatic rings. The van der Waals surface area contributed by atoms with Gasteiger partial charge in [0.15, 0.2) is 0 Å². The molecule has 0 aliphatic heterocycles. The molecule has 0 rings (SSSR count). The molecule has 0 unspecified atom stereocenters. The summed E-state index contributed by atoms with van der Waals surface area (Å²) in [5, 5.41) is 0. The normalized spacial score (nSPS) is 8.29. The summed E-state index contributed by atoms with van der Waals surface area (Å²) in [5.41, 5.74) is 1.90. The van der Waals surface area contributed by atoms with E-state index >= 15 is 0 Å². The van der Waals surface area contributed by atoms with Gasteiger partial charge in [-0.1, -0.05) is 0 Å². The molecule has 1 N–H and O–H groups in total. The third-order valence-electron chi connectivity index (χ3n) is 0.269. The van der Waals surface area contributed by atoms with Crippen molar-refractivity contribution in [3.63, 3.8) is 0 Å². The molecule has 0 aromatic carbocycles. The van der Waals surface area contributed by atoms with Crippen LogP contribution in [0.25, 0.3) is 0 Å². The number of rotatable bonds is 2. The molecule has 0 aliphatic carbocycles. The molecule has 0 spiro atoms. The van der Waals surface area contributed by atoms with Crippen molar-refractivity contribution in [1.29, 1.82) is 0 Å². The first kappa shape index (κ1) is 6.39. The van der Waals surface area contributed by atoms with E-state index in [0.717, 1.165) is 0 Å². The average Bonchev–Trinajstić information content (AvgIpc) is 1.61. The first-order chi connectivity index (χ1) is 3.27. The molecule has 0 bridgehead atoms. The van der Waals surface area contributed by atoms with E-state index in [4.69, 9.17) is 0 Å². The van der Waals surface area contributed by atoms with Gasteiger partial charge in [-0.3, -0.25) is 9.63 Å². The minimum Gasteiger partial charge on any atom is -0.346 e.